The average molecular weight is 328 g/mol. The standard InChI is InChI=1S/C16H16N4O2S/c1-3-22-16(21)12-9-23-15(18-12)13-10(2)19-20(14(13)17)11-7-5-4-6-8-11/h4-9H,3,17H2,1-2H3. The molecule has 1 aromatic carbocycles. The normalized spacial score (nSPS) is 10.7. The predicted molar refractivity (Wildman–Crippen MR) is 89.8 cm³/mol. The van der Waals surface area contributed by atoms with Gasteiger partial charge in [0.05, 0.1) is 23.6 Å². The lowest BCUT2D eigenvalue weighted by molar-refractivity contribution is 0.0520. The van der Waals surface area contributed by atoms with Crippen molar-refractivity contribution in [2.75, 3.05) is 12.3 Å². The van der Waals surface area contributed by atoms with E-state index in [1.54, 1.807) is 17.0 Å². The Morgan fingerprint density at radius 1 is 1.35 bits per heavy atom. The molecule has 0 radical (unpaired) electrons. The molecule has 2 aromatic heterocycles. The van der Waals surface area contributed by atoms with E-state index in [9.17, 15) is 4.79 Å². The van der Waals surface area contributed by atoms with Crippen LogP contribution in [0, 0.1) is 6.92 Å². The van der Waals surface area contributed by atoms with Gasteiger partial charge >= 0.3 is 5.97 Å². The van der Waals surface area contributed by atoms with E-state index >= 15 is 0 Å². The van der Waals surface area contributed by atoms with Gasteiger partial charge in [-0.1, -0.05) is 18.2 Å². The van der Waals surface area contributed by atoms with Crippen LogP contribution in [-0.4, -0.2) is 27.3 Å². The Kier molecular flexibility index (Phi) is 4.12. The van der Waals surface area contributed by atoms with Crippen molar-refractivity contribution in [3.63, 3.8) is 0 Å². The van der Waals surface area contributed by atoms with Crippen molar-refractivity contribution < 1.29 is 9.53 Å². The second-order valence-electron chi connectivity index (χ2n) is 4.85. The fourth-order valence-electron chi connectivity index (χ4n) is 2.26. The van der Waals surface area contributed by atoms with Gasteiger partial charge in [-0.3, -0.25) is 0 Å². The Morgan fingerprint density at radius 3 is 2.78 bits per heavy atom. The van der Waals surface area contributed by atoms with E-state index in [0.29, 0.717) is 17.4 Å². The van der Waals surface area contributed by atoms with E-state index in [2.05, 4.69) is 10.1 Å². The van der Waals surface area contributed by atoms with Crippen molar-refractivity contribution in [1.82, 2.24) is 14.8 Å². The molecule has 0 bridgehead atoms. The first-order chi connectivity index (χ1) is 11.1. The maximum Gasteiger partial charge on any atom is 0.357 e. The fraction of sp³-hybridized carbons (Fsp3) is 0.188. The highest BCUT2D eigenvalue weighted by atomic mass is 32.1. The zero-order chi connectivity index (χ0) is 16.4. The van der Waals surface area contributed by atoms with Crippen LogP contribution in [0.15, 0.2) is 35.7 Å². The lowest BCUT2D eigenvalue weighted by Gasteiger charge is -2.03. The molecule has 6 nitrogen and oxygen atoms in total. The molecule has 0 saturated carbocycles. The van der Waals surface area contributed by atoms with Gasteiger partial charge in [-0.2, -0.15) is 5.10 Å². The van der Waals surface area contributed by atoms with Gasteiger partial charge in [0.2, 0.25) is 0 Å². The summed E-state index contributed by atoms with van der Waals surface area (Å²) < 4.78 is 6.64. The molecule has 2 heterocycles. The Bertz CT molecular complexity index is 839. The van der Waals surface area contributed by atoms with E-state index in [1.165, 1.54) is 11.3 Å². The number of hydrogen-bond donors (Lipinski definition) is 1. The molecule has 23 heavy (non-hydrogen) atoms. The number of ether oxygens (including phenoxy) is 1. The van der Waals surface area contributed by atoms with Crippen molar-refractivity contribution in [3.8, 4) is 16.3 Å². The number of rotatable bonds is 4. The molecule has 0 atom stereocenters. The largest absolute Gasteiger partial charge is 0.461 e. The van der Waals surface area contributed by atoms with Crippen LogP contribution in [0.25, 0.3) is 16.3 Å². The molecule has 0 aliphatic heterocycles. The summed E-state index contributed by atoms with van der Waals surface area (Å²) in [5, 5.41) is 6.82. The molecule has 2 N–H and O–H groups in total. The lowest BCUT2D eigenvalue weighted by atomic mass is 10.2. The number of aromatic nitrogens is 3. The number of aryl methyl sites for hydroxylation is 1. The number of nitrogens with zero attached hydrogens (tertiary/aromatic N) is 3. The molecule has 0 fully saturated rings. The topological polar surface area (TPSA) is 83.0 Å². The van der Waals surface area contributed by atoms with Crippen LogP contribution < -0.4 is 5.73 Å². The van der Waals surface area contributed by atoms with Crippen LogP contribution in [0.1, 0.15) is 23.1 Å². The van der Waals surface area contributed by atoms with Gasteiger partial charge in [0.25, 0.3) is 0 Å². The number of para-hydroxylation sites is 1. The molecule has 0 unspecified atom stereocenters. The summed E-state index contributed by atoms with van der Waals surface area (Å²) >= 11 is 1.35. The second kappa shape index (κ2) is 6.21. The van der Waals surface area contributed by atoms with Crippen molar-refractivity contribution >= 4 is 23.1 Å². The summed E-state index contributed by atoms with van der Waals surface area (Å²) in [5.41, 5.74) is 8.93. The Hall–Kier alpha value is -2.67. The van der Waals surface area contributed by atoms with Crippen LogP contribution in [0.2, 0.25) is 0 Å². The van der Waals surface area contributed by atoms with Gasteiger partial charge in [-0.15, -0.1) is 11.3 Å². The molecule has 7 heteroatoms. The van der Waals surface area contributed by atoms with Crippen LogP contribution >= 0.6 is 11.3 Å². The third-order valence-corrected chi connectivity index (χ3v) is 4.16. The van der Waals surface area contributed by atoms with Gasteiger partial charge in [0.15, 0.2) is 5.69 Å². The van der Waals surface area contributed by atoms with Gasteiger partial charge in [0.1, 0.15) is 10.8 Å². The smallest absolute Gasteiger partial charge is 0.357 e. The minimum Gasteiger partial charge on any atom is -0.461 e. The Labute approximate surface area is 137 Å². The number of thiazole rings is 1. The molecular formula is C16H16N4O2S. The summed E-state index contributed by atoms with van der Waals surface area (Å²) in [4.78, 5) is 16.1. The molecule has 0 aliphatic carbocycles. The first-order valence-electron chi connectivity index (χ1n) is 7.15. The number of hydrogen-bond acceptors (Lipinski definition) is 6. The third kappa shape index (κ3) is 2.83. The van der Waals surface area contributed by atoms with Gasteiger partial charge in [-0.05, 0) is 26.0 Å². The van der Waals surface area contributed by atoms with E-state index in [4.69, 9.17) is 10.5 Å². The van der Waals surface area contributed by atoms with Crippen molar-refractivity contribution in [2.45, 2.75) is 13.8 Å². The number of carbonyl (C=O) groups is 1. The highest BCUT2D eigenvalue weighted by Gasteiger charge is 2.20. The lowest BCUT2D eigenvalue weighted by Crippen LogP contribution is -2.05. The second-order valence-corrected chi connectivity index (χ2v) is 5.71. The summed E-state index contributed by atoms with van der Waals surface area (Å²) in [7, 11) is 0. The first kappa shape index (κ1) is 15.2. The molecule has 3 aromatic rings. The van der Waals surface area contributed by atoms with Crippen molar-refractivity contribution in [3.05, 3.63) is 47.1 Å². The number of nitrogen functional groups attached to an aromatic ring is 1. The molecule has 118 valence electrons. The van der Waals surface area contributed by atoms with E-state index in [-0.39, 0.29) is 5.69 Å². The van der Waals surface area contributed by atoms with E-state index < -0.39 is 5.97 Å². The average Bonchev–Trinajstić information content (AvgIpc) is 3.13. The molecular weight excluding hydrogens is 312 g/mol. The van der Waals surface area contributed by atoms with Gasteiger partial charge in [-0.25, -0.2) is 14.5 Å². The summed E-state index contributed by atoms with van der Waals surface area (Å²) in [6, 6.07) is 9.64. The SMILES string of the molecule is CCOC(=O)c1csc(-c2c(C)nn(-c3ccccc3)c2N)n1. The summed E-state index contributed by atoms with van der Waals surface area (Å²) in [5.74, 6) is 0.0696. The summed E-state index contributed by atoms with van der Waals surface area (Å²) in [6.45, 7) is 3.95. The minimum absolute atomic E-state index is 0.290. The highest BCUT2D eigenvalue weighted by Crippen LogP contribution is 2.33. The number of carbonyl (C=O) groups excluding carboxylic acids is 1. The maximum atomic E-state index is 11.8. The van der Waals surface area contributed by atoms with Crippen LogP contribution in [0.5, 0.6) is 0 Å². The fourth-order valence-corrected chi connectivity index (χ4v) is 3.16. The minimum atomic E-state index is -0.429. The quantitative estimate of drug-likeness (QED) is 0.744. The van der Waals surface area contributed by atoms with E-state index in [0.717, 1.165) is 16.9 Å². The number of benzene rings is 1. The maximum absolute atomic E-state index is 11.8. The first-order valence-corrected chi connectivity index (χ1v) is 8.03. The Morgan fingerprint density at radius 2 is 2.09 bits per heavy atom. The molecule has 0 amide bonds. The number of anilines is 1. The van der Waals surface area contributed by atoms with Crippen molar-refractivity contribution in [1.29, 1.82) is 0 Å². The van der Waals surface area contributed by atoms with E-state index in [1.807, 2.05) is 37.3 Å². The molecule has 0 spiro atoms. The molecule has 0 saturated heterocycles. The third-order valence-electron chi connectivity index (χ3n) is 3.30. The summed E-state index contributed by atoms with van der Waals surface area (Å²) in [6.07, 6.45) is 0. The Balaban J connectivity index is 2.01. The van der Waals surface area contributed by atoms with Gasteiger partial charge in [0, 0.05) is 5.38 Å². The van der Waals surface area contributed by atoms with Crippen LogP contribution in [-0.2, 0) is 4.74 Å². The highest BCUT2D eigenvalue weighted by molar-refractivity contribution is 7.13. The molecule has 0 aliphatic rings. The predicted octanol–water partition coefficient (Wildman–Crippen LogP) is 3.06. The zero-order valence-electron chi connectivity index (χ0n) is 12.8. The number of esters is 1. The van der Waals surface area contributed by atoms with Crippen molar-refractivity contribution in [2.24, 2.45) is 0 Å². The zero-order valence-corrected chi connectivity index (χ0v) is 13.6. The van der Waals surface area contributed by atoms with Crippen LogP contribution in [0.4, 0.5) is 5.82 Å². The molecule has 3 rings (SSSR count). The van der Waals surface area contributed by atoms with Gasteiger partial charge < -0.3 is 10.5 Å². The monoisotopic (exact) mass is 328 g/mol. The van der Waals surface area contributed by atoms with Crippen LogP contribution in [0.3, 0.4) is 0 Å². The number of nitrogens with two attached hydrogens (primary N) is 1.